The van der Waals surface area contributed by atoms with Crippen molar-refractivity contribution in [2.45, 2.75) is 59.8 Å². The van der Waals surface area contributed by atoms with Gasteiger partial charge < -0.3 is 9.47 Å². The normalized spacial score (nSPS) is 12.8. The zero-order valence-corrected chi connectivity index (χ0v) is 15.7. The molecule has 6 heteroatoms. The van der Waals surface area contributed by atoms with Gasteiger partial charge in [0.15, 0.2) is 0 Å². The molecule has 0 aliphatic rings. The first-order chi connectivity index (χ1) is 11.8. The Morgan fingerprint density at radius 1 is 1.24 bits per heavy atom. The molecule has 1 N–H and O–H groups in total. The summed E-state index contributed by atoms with van der Waals surface area (Å²) in [6.07, 6.45) is -0.806. The molecule has 2 aromatic rings. The molecule has 0 saturated heterocycles. The Bertz CT molecular complexity index is 777. The van der Waals surface area contributed by atoms with Crippen LogP contribution < -0.4 is 10.3 Å². The highest BCUT2D eigenvalue weighted by molar-refractivity contribution is 5.36. The molecule has 0 aliphatic carbocycles. The van der Waals surface area contributed by atoms with Crippen molar-refractivity contribution in [2.24, 2.45) is 0 Å². The van der Waals surface area contributed by atoms with E-state index in [2.05, 4.69) is 5.10 Å². The highest BCUT2D eigenvalue weighted by Gasteiger charge is 2.26. The minimum atomic E-state index is -0.762. The molecule has 2 rings (SSSR count). The molecule has 0 fully saturated rings. The van der Waals surface area contributed by atoms with Crippen LogP contribution in [0.3, 0.4) is 0 Å². The zero-order valence-electron chi connectivity index (χ0n) is 15.7. The van der Waals surface area contributed by atoms with Crippen molar-refractivity contribution >= 4 is 0 Å². The molecule has 25 heavy (non-hydrogen) atoms. The van der Waals surface area contributed by atoms with E-state index in [1.807, 2.05) is 41.5 Å². The van der Waals surface area contributed by atoms with Gasteiger partial charge in [-0.25, -0.2) is 4.39 Å². The molecule has 1 atom stereocenters. The molecular weight excluding hydrogens is 323 g/mol. The number of H-pyrrole nitrogens is 1. The molecule has 0 aliphatic heterocycles. The summed E-state index contributed by atoms with van der Waals surface area (Å²) in [5.74, 6) is 0.00424. The van der Waals surface area contributed by atoms with E-state index in [0.717, 1.165) is 5.69 Å². The minimum absolute atomic E-state index is 0.0434. The van der Waals surface area contributed by atoms with Crippen molar-refractivity contribution in [3.63, 3.8) is 0 Å². The molecule has 0 saturated carbocycles. The third-order valence-electron chi connectivity index (χ3n) is 3.96. The summed E-state index contributed by atoms with van der Waals surface area (Å²) in [7, 11) is 0. The summed E-state index contributed by atoms with van der Waals surface area (Å²) in [5, 5.41) is 2.81. The molecule has 138 valence electrons. The number of hydrogen-bond acceptors (Lipinski definition) is 3. The molecule has 1 aromatic carbocycles. The van der Waals surface area contributed by atoms with E-state index in [1.165, 1.54) is 6.07 Å². The van der Waals surface area contributed by atoms with Gasteiger partial charge in [-0.1, -0.05) is 0 Å². The number of nitrogens with zero attached hydrogens (tertiary/aromatic N) is 1. The lowest BCUT2D eigenvalue weighted by molar-refractivity contribution is 0.0874. The minimum Gasteiger partial charge on any atom is -0.491 e. The van der Waals surface area contributed by atoms with Gasteiger partial charge in [-0.2, -0.15) is 0 Å². The monoisotopic (exact) mass is 350 g/mol. The van der Waals surface area contributed by atoms with Crippen LogP contribution in [0.4, 0.5) is 4.39 Å². The van der Waals surface area contributed by atoms with Crippen molar-refractivity contribution < 1.29 is 13.9 Å². The second-order valence-corrected chi connectivity index (χ2v) is 6.59. The Morgan fingerprint density at radius 3 is 2.40 bits per heavy atom. The lowest BCUT2D eigenvalue weighted by Crippen LogP contribution is -2.17. The topological polar surface area (TPSA) is 56.2 Å². The number of benzene rings is 1. The smallest absolute Gasteiger partial charge is 0.270 e. The number of aromatic nitrogens is 2. The van der Waals surface area contributed by atoms with E-state index in [9.17, 15) is 9.18 Å². The SMILES string of the molecule is CCOC(c1ccc(OC(C)C)cc1F)c1c(C)n(C(C)C)[nH]c1=O. The standard InChI is InChI=1S/C19H27FN2O3/c1-7-24-18(17-13(6)22(11(2)3)21-19(17)23)15-9-8-14(10-16(15)20)25-12(4)5/h8-12,18H,7H2,1-6H3,(H,21,23). The quantitative estimate of drug-likeness (QED) is 0.817. The molecular formula is C19H27FN2O3. The predicted octanol–water partition coefficient (Wildman–Crippen LogP) is 4.12. The highest BCUT2D eigenvalue weighted by atomic mass is 19.1. The second kappa shape index (κ2) is 7.87. The van der Waals surface area contributed by atoms with Crippen LogP contribution in [0.1, 0.15) is 63.6 Å². The number of hydrogen-bond donors (Lipinski definition) is 1. The van der Waals surface area contributed by atoms with Crippen molar-refractivity contribution in [1.29, 1.82) is 0 Å². The summed E-state index contributed by atoms with van der Waals surface area (Å²) in [6, 6.07) is 4.76. The third-order valence-corrected chi connectivity index (χ3v) is 3.96. The number of aromatic amines is 1. The Balaban J connectivity index is 2.51. The average molecular weight is 350 g/mol. The fourth-order valence-corrected chi connectivity index (χ4v) is 2.93. The second-order valence-electron chi connectivity index (χ2n) is 6.59. The Labute approximate surface area is 147 Å². The van der Waals surface area contributed by atoms with Gasteiger partial charge in [0.2, 0.25) is 0 Å². The maximum atomic E-state index is 14.7. The van der Waals surface area contributed by atoms with Crippen LogP contribution >= 0.6 is 0 Å². The van der Waals surface area contributed by atoms with E-state index in [1.54, 1.807) is 16.8 Å². The van der Waals surface area contributed by atoms with Crippen molar-refractivity contribution in [3.8, 4) is 5.75 Å². The van der Waals surface area contributed by atoms with Gasteiger partial charge >= 0.3 is 0 Å². The fraction of sp³-hybridized carbons (Fsp3) is 0.526. The van der Waals surface area contributed by atoms with E-state index in [0.29, 0.717) is 23.5 Å². The molecule has 0 bridgehead atoms. The number of nitrogens with one attached hydrogen (secondary N) is 1. The first kappa shape index (κ1) is 19.2. The van der Waals surface area contributed by atoms with E-state index in [-0.39, 0.29) is 17.7 Å². The number of halogens is 1. The van der Waals surface area contributed by atoms with Gasteiger partial charge in [-0.3, -0.25) is 14.6 Å². The average Bonchev–Trinajstić information content (AvgIpc) is 2.80. The predicted molar refractivity (Wildman–Crippen MR) is 95.8 cm³/mol. The lowest BCUT2D eigenvalue weighted by atomic mass is 10.0. The summed E-state index contributed by atoms with van der Waals surface area (Å²) < 4.78 is 27.8. The first-order valence-corrected chi connectivity index (χ1v) is 8.64. The first-order valence-electron chi connectivity index (χ1n) is 8.64. The summed E-state index contributed by atoms with van der Waals surface area (Å²) in [5.41, 5.74) is 1.26. The Kier molecular flexibility index (Phi) is 6.06. The van der Waals surface area contributed by atoms with Crippen LogP contribution in [0.5, 0.6) is 5.75 Å². The third kappa shape index (κ3) is 4.12. The van der Waals surface area contributed by atoms with Gasteiger partial charge in [-0.15, -0.1) is 0 Å². The molecule has 1 aromatic heterocycles. The molecule has 5 nitrogen and oxygen atoms in total. The van der Waals surface area contributed by atoms with Crippen molar-refractivity contribution in [3.05, 3.63) is 51.2 Å². The van der Waals surface area contributed by atoms with Crippen LogP contribution in [0.15, 0.2) is 23.0 Å². The van der Waals surface area contributed by atoms with Crippen LogP contribution in [-0.4, -0.2) is 22.5 Å². The summed E-state index contributed by atoms with van der Waals surface area (Å²) >= 11 is 0. The maximum Gasteiger partial charge on any atom is 0.270 e. The van der Waals surface area contributed by atoms with Gasteiger partial charge in [-0.05, 0) is 53.7 Å². The van der Waals surface area contributed by atoms with Crippen molar-refractivity contribution in [2.75, 3.05) is 6.61 Å². The van der Waals surface area contributed by atoms with Gasteiger partial charge in [0, 0.05) is 30.0 Å². The highest BCUT2D eigenvalue weighted by Crippen LogP contribution is 2.31. The van der Waals surface area contributed by atoms with Crippen LogP contribution in [0, 0.1) is 12.7 Å². The van der Waals surface area contributed by atoms with Gasteiger partial charge in [0.05, 0.1) is 11.7 Å². The number of ether oxygens (including phenoxy) is 2. The van der Waals surface area contributed by atoms with Crippen LogP contribution in [-0.2, 0) is 4.74 Å². The lowest BCUT2D eigenvalue weighted by Gasteiger charge is -2.19. The largest absolute Gasteiger partial charge is 0.491 e. The summed E-state index contributed by atoms with van der Waals surface area (Å²) in [6.45, 7) is 11.7. The molecule has 0 radical (unpaired) electrons. The fourth-order valence-electron chi connectivity index (χ4n) is 2.93. The van der Waals surface area contributed by atoms with E-state index >= 15 is 0 Å². The maximum absolute atomic E-state index is 14.7. The van der Waals surface area contributed by atoms with Gasteiger partial charge in [0.25, 0.3) is 5.56 Å². The molecule has 0 amide bonds. The van der Waals surface area contributed by atoms with Gasteiger partial charge in [0.1, 0.15) is 17.7 Å². The van der Waals surface area contributed by atoms with Crippen molar-refractivity contribution in [1.82, 2.24) is 9.78 Å². The Hall–Kier alpha value is -2.08. The molecule has 1 unspecified atom stereocenters. The molecule has 1 heterocycles. The number of rotatable bonds is 7. The van der Waals surface area contributed by atoms with Crippen LogP contribution in [0.25, 0.3) is 0 Å². The Morgan fingerprint density at radius 2 is 1.92 bits per heavy atom. The van der Waals surface area contributed by atoms with Crippen LogP contribution in [0.2, 0.25) is 0 Å². The summed E-state index contributed by atoms with van der Waals surface area (Å²) in [4.78, 5) is 12.5. The molecule has 0 spiro atoms. The van der Waals surface area contributed by atoms with E-state index in [4.69, 9.17) is 9.47 Å². The van der Waals surface area contributed by atoms with E-state index < -0.39 is 11.9 Å². The zero-order chi connectivity index (χ0) is 18.7.